The van der Waals surface area contributed by atoms with Gasteiger partial charge in [-0.05, 0) is 0 Å². The first-order valence-corrected chi connectivity index (χ1v) is 6.56. The van der Waals surface area contributed by atoms with Crippen LogP contribution in [-0.4, -0.2) is 49.3 Å². The summed E-state index contributed by atoms with van der Waals surface area (Å²) in [5.41, 5.74) is 6.82. The van der Waals surface area contributed by atoms with Crippen molar-refractivity contribution in [2.75, 3.05) is 12.3 Å². The van der Waals surface area contributed by atoms with E-state index >= 15 is 0 Å². The maximum atomic E-state index is 11.2. The summed E-state index contributed by atoms with van der Waals surface area (Å²) in [5.74, 6) is 0.138. The third kappa shape index (κ3) is 2.41. The second-order valence-corrected chi connectivity index (χ2v) is 4.94. The summed E-state index contributed by atoms with van der Waals surface area (Å²) in [6, 6.07) is -0.255. The summed E-state index contributed by atoms with van der Waals surface area (Å²) in [7, 11) is 0. The molecule has 9 nitrogen and oxygen atoms in total. The van der Waals surface area contributed by atoms with Gasteiger partial charge in [0.25, 0.3) is 0 Å². The van der Waals surface area contributed by atoms with Gasteiger partial charge in [-0.1, -0.05) is 0 Å². The van der Waals surface area contributed by atoms with Gasteiger partial charge in [-0.25, -0.2) is 15.0 Å². The molecule has 3 rings (SSSR count). The van der Waals surface area contributed by atoms with E-state index in [2.05, 4.69) is 20.3 Å². The number of carbonyl (C=O) groups excluding carboxylic acids is 1. The number of ether oxygens (including phenoxy) is 1. The van der Waals surface area contributed by atoms with Crippen LogP contribution in [-0.2, 0) is 9.53 Å². The van der Waals surface area contributed by atoms with Crippen LogP contribution in [0.25, 0.3) is 11.2 Å². The van der Waals surface area contributed by atoms with Gasteiger partial charge in [-0.3, -0.25) is 9.36 Å². The van der Waals surface area contributed by atoms with Crippen molar-refractivity contribution in [3.8, 4) is 0 Å². The number of aliphatic hydroxyl groups excluding tert-OH is 1. The van der Waals surface area contributed by atoms with Crippen LogP contribution in [0.5, 0.6) is 0 Å². The first-order valence-electron chi connectivity index (χ1n) is 6.56. The molecule has 0 aliphatic carbocycles. The van der Waals surface area contributed by atoms with E-state index in [1.54, 1.807) is 10.9 Å². The summed E-state index contributed by atoms with van der Waals surface area (Å²) in [4.78, 5) is 23.4. The highest BCUT2D eigenvalue weighted by molar-refractivity contribution is 5.81. The normalized spacial score (nSPS) is 25.3. The number of amides is 1. The molecule has 1 saturated heterocycles. The summed E-state index contributed by atoms with van der Waals surface area (Å²) in [6.45, 7) is 1.26. The number of rotatable bonds is 3. The molecule has 0 aromatic carbocycles. The predicted octanol–water partition coefficient (Wildman–Crippen LogP) is -0.807. The van der Waals surface area contributed by atoms with Gasteiger partial charge in [0.05, 0.1) is 19.0 Å². The SMILES string of the molecule is CC(=O)N[C@H]1C[C@H](n2cnc3c(N)ncnc32)O[C@@H]1CO. The van der Waals surface area contributed by atoms with E-state index in [9.17, 15) is 9.90 Å². The molecular weight excluding hydrogens is 276 g/mol. The van der Waals surface area contributed by atoms with Gasteiger partial charge in [-0.2, -0.15) is 0 Å². The van der Waals surface area contributed by atoms with E-state index < -0.39 is 6.10 Å². The maximum Gasteiger partial charge on any atom is 0.217 e. The molecule has 1 aliphatic rings. The number of imidazole rings is 1. The van der Waals surface area contributed by atoms with Crippen molar-refractivity contribution < 1.29 is 14.6 Å². The van der Waals surface area contributed by atoms with E-state index in [-0.39, 0.29) is 24.8 Å². The van der Waals surface area contributed by atoms with Crippen LogP contribution in [0.15, 0.2) is 12.7 Å². The molecule has 0 spiro atoms. The largest absolute Gasteiger partial charge is 0.394 e. The van der Waals surface area contributed by atoms with E-state index in [0.717, 1.165) is 0 Å². The zero-order chi connectivity index (χ0) is 15.0. The van der Waals surface area contributed by atoms with E-state index in [4.69, 9.17) is 10.5 Å². The number of carbonyl (C=O) groups is 1. The topological polar surface area (TPSA) is 128 Å². The molecule has 21 heavy (non-hydrogen) atoms. The number of aliphatic hydroxyl groups is 1. The van der Waals surface area contributed by atoms with Gasteiger partial charge >= 0.3 is 0 Å². The van der Waals surface area contributed by atoms with Gasteiger partial charge in [0.1, 0.15) is 24.2 Å². The lowest BCUT2D eigenvalue weighted by Gasteiger charge is -2.15. The van der Waals surface area contributed by atoms with E-state index in [0.29, 0.717) is 23.4 Å². The fraction of sp³-hybridized carbons (Fsp3) is 0.500. The Bertz CT molecular complexity index is 672. The quantitative estimate of drug-likeness (QED) is 0.675. The zero-order valence-electron chi connectivity index (χ0n) is 11.4. The van der Waals surface area contributed by atoms with Crippen molar-refractivity contribution in [3.05, 3.63) is 12.7 Å². The predicted molar refractivity (Wildman–Crippen MR) is 73.0 cm³/mol. The molecule has 0 bridgehead atoms. The third-order valence-electron chi connectivity index (χ3n) is 3.50. The summed E-state index contributed by atoms with van der Waals surface area (Å²) in [5, 5.41) is 12.2. The molecule has 0 saturated carbocycles. The zero-order valence-corrected chi connectivity index (χ0v) is 11.4. The molecular formula is C12H16N6O3. The molecule has 112 valence electrons. The van der Waals surface area contributed by atoms with Gasteiger partial charge in [0.2, 0.25) is 5.91 Å². The molecule has 3 atom stereocenters. The molecule has 1 aliphatic heterocycles. The number of nitrogens with one attached hydrogen (secondary N) is 1. The van der Waals surface area contributed by atoms with Crippen LogP contribution < -0.4 is 11.1 Å². The highest BCUT2D eigenvalue weighted by atomic mass is 16.5. The average Bonchev–Trinajstić information content (AvgIpc) is 3.02. The second-order valence-electron chi connectivity index (χ2n) is 4.94. The number of nitrogen functional groups attached to an aromatic ring is 1. The lowest BCUT2D eigenvalue weighted by atomic mass is 10.1. The molecule has 2 aromatic rings. The standard InChI is InChI=1S/C12H16N6O3/c1-6(20)17-7-2-9(21-8(7)3-19)18-5-16-10-11(13)14-4-15-12(10)18/h4-5,7-9,19H,2-3H2,1H3,(H,17,20)(H2,13,14,15)/t7-,8+,9+/m0/s1. The van der Waals surface area contributed by atoms with Crippen molar-refractivity contribution in [1.29, 1.82) is 0 Å². The van der Waals surface area contributed by atoms with Crippen LogP contribution in [0.2, 0.25) is 0 Å². The van der Waals surface area contributed by atoms with Gasteiger partial charge in [0.15, 0.2) is 11.5 Å². The minimum atomic E-state index is -0.462. The van der Waals surface area contributed by atoms with Crippen molar-refractivity contribution in [3.63, 3.8) is 0 Å². The molecule has 1 fully saturated rings. The number of nitrogens with two attached hydrogens (primary N) is 1. The number of fused-ring (bicyclic) bond motifs is 1. The third-order valence-corrected chi connectivity index (χ3v) is 3.50. The Labute approximate surface area is 120 Å². The highest BCUT2D eigenvalue weighted by Crippen LogP contribution is 2.31. The van der Waals surface area contributed by atoms with Crippen LogP contribution in [0.1, 0.15) is 19.6 Å². The van der Waals surface area contributed by atoms with E-state index in [1.807, 2.05) is 0 Å². The first kappa shape index (κ1) is 13.7. The van der Waals surface area contributed by atoms with Crippen molar-refractivity contribution in [2.45, 2.75) is 31.7 Å². The molecule has 9 heteroatoms. The van der Waals surface area contributed by atoms with Crippen molar-refractivity contribution in [2.24, 2.45) is 0 Å². The lowest BCUT2D eigenvalue weighted by Crippen LogP contribution is -2.40. The number of hydrogen-bond donors (Lipinski definition) is 3. The van der Waals surface area contributed by atoms with Crippen LogP contribution in [0.3, 0.4) is 0 Å². The Kier molecular flexibility index (Phi) is 3.43. The van der Waals surface area contributed by atoms with Gasteiger partial charge in [-0.15, -0.1) is 0 Å². The summed E-state index contributed by atoms with van der Waals surface area (Å²) >= 11 is 0. The smallest absolute Gasteiger partial charge is 0.217 e. The molecule has 2 aromatic heterocycles. The molecule has 1 amide bonds. The van der Waals surface area contributed by atoms with Crippen LogP contribution in [0.4, 0.5) is 5.82 Å². The van der Waals surface area contributed by atoms with E-state index in [1.165, 1.54) is 13.3 Å². The molecule has 0 unspecified atom stereocenters. The van der Waals surface area contributed by atoms with Gasteiger partial charge in [0, 0.05) is 13.3 Å². The fourth-order valence-corrected chi connectivity index (χ4v) is 2.56. The van der Waals surface area contributed by atoms with Crippen molar-refractivity contribution in [1.82, 2.24) is 24.8 Å². The van der Waals surface area contributed by atoms with Gasteiger partial charge < -0.3 is 20.9 Å². The Morgan fingerprint density at radius 2 is 2.38 bits per heavy atom. The number of anilines is 1. The molecule has 4 N–H and O–H groups in total. The first-order chi connectivity index (χ1) is 10.1. The highest BCUT2D eigenvalue weighted by Gasteiger charge is 2.37. The molecule has 3 heterocycles. The Morgan fingerprint density at radius 1 is 1.57 bits per heavy atom. The average molecular weight is 292 g/mol. The lowest BCUT2D eigenvalue weighted by molar-refractivity contribution is -0.120. The summed E-state index contributed by atoms with van der Waals surface area (Å²) in [6.07, 6.45) is 2.61. The van der Waals surface area contributed by atoms with Crippen molar-refractivity contribution >= 4 is 22.9 Å². The minimum Gasteiger partial charge on any atom is -0.394 e. The fourth-order valence-electron chi connectivity index (χ4n) is 2.56. The number of nitrogens with zero attached hydrogens (tertiary/aromatic N) is 4. The minimum absolute atomic E-state index is 0.162. The Balaban J connectivity index is 1.90. The van der Waals surface area contributed by atoms with Crippen LogP contribution in [0, 0.1) is 0 Å². The Hall–Kier alpha value is -2.26. The number of hydrogen-bond acceptors (Lipinski definition) is 7. The Morgan fingerprint density at radius 3 is 3.10 bits per heavy atom. The summed E-state index contributed by atoms with van der Waals surface area (Å²) < 4.78 is 7.51. The monoisotopic (exact) mass is 292 g/mol. The van der Waals surface area contributed by atoms with Crippen LogP contribution >= 0.6 is 0 Å². The molecule has 0 radical (unpaired) electrons. The number of aromatic nitrogens is 4. The second kappa shape index (κ2) is 5.26. The maximum absolute atomic E-state index is 11.2.